The lowest BCUT2D eigenvalue weighted by molar-refractivity contribution is -0.118. The van der Waals surface area contributed by atoms with E-state index in [-0.39, 0.29) is 19.2 Å². The van der Waals surface area contributed by atoms with Crippen LogP contribution in [0.1, 0.15) is 25.3 Å². The van der Waals surface area contributed by atoms with Gasteiger partial charge in [0.1, 0.15) is 0 Å². The van der Waals surface area contributed by atoms with E-state index in [0.717, 1.165) is 35.2 Å². The highest BCUT2D eigenvalue weighted by atomic mass is 32.2. The number of amides is 1. The molecule has 1 amide bonds. The molecule has 2 unspecified atom stereocenters. The van der Waals surface area contributed by atoms with E-state index in [9.17, 15) is 14.5 Å². The molecule has 3 aromatic carbocycles. The molecule has 7 nitrogen and oxygen atoms in total. The molecule has 0 aromatic heterocycles. The number of ether oxygens (including phenoxy) is 2. The Bertz CT molecular complexity index is 1190. The van der Waals surface area contributed by atoms with Crippen LogP contribution in [0.2, 0.25) is 0 Å². The average Bonchev–Trinajstić information content (AvgIpc) is 3.53. The summed E-state index contributed by atoms with van der Waals surface area (Å²) in [5, 5.41) is 12.4. The van der Waals surface area contributed by atoms with Gasteiger partial charge in [-0.2, -0.15) is 0 Å². The van der Waals surface area contributed by atoms with Gasteiger partial charge in [-0.15, -0.1) is 4.72 Å². The molecule has 2 atom stereocenters. The molecule has 1 aliphatic heterocycles. The van der Waals surface area contributed by atoms with E-state index in [1.807, 2.05) is 54.6 Å². The molecule has 8 heteroatoms. The molecule has 176 valence electrons. The molecule has 5 rings (SSSR count). The van der Waals surface area contributed by atoms with Crippen LogP contribution in [0.3, 0.4) is 0 Å². The van der Waals surface area contributed by atoms with Crippen LogP contribution in [0.25, 0.3) is 11.1 Å². The van der Waals surface area contributed by atoms with E-state index in [2.05, 4.69) is 10.0 Å². The maximum atomic E-state index is 13.2. The molecule has 0 spiro atoms. The molecule has 0 bridgehead atoms. The number of aliphatic hydroxyl groups excluding tert-OH is 1. The predicted molar refractivity (Wildman–Crippen MR) is 130 cm³/mol. The van der Waals surface area contributed by atoms with Crippen molar-refractivity contribution >= 4 is 23.0 Å². The molecular weight excluding hydrogens is 452 g/mol. The second kappa shape index (κ2) is 9.31. The Hall–Kier alpha value is -3.04. The monoisotopic (exact) mass is 478 g/mol. The normalized spacial score (nSPS) is 17.1. The summed E-state index contributed by atoms with van der Waals surface area (Å²) in [4.78, 5) is 13.9. The number of nitrogens with one attached hydrogen (secondary N) is 2. The van der Waals surface area contributed by atoms with Gasteiger partial charge in [0, 0.05) is 5.69 Å². The standard InChI is InChI=1S/C26H26N2O5S/c1-17(29)15-27-34(31)22-8-5-18(6-9-22)19-3-2-4-21(13-19)28-25(30)26(11-12-26)20-7-10-23-24(14-20)33-16-32-23/h2-10,13-14,17,27,29H,11-12,15-16H2,1H3,(H,28,30). The van der Waals surface area contributed by atoms with Crippen LogP contribution in [0.5, 0.6) is 11.5 Å². The molecule has 1 heterocycles. The van der Waals surface area contributed by atoms with Crippen molar-refractivity contribution in [2.24, 2.45) is 0 Å². The smallest absolute Gasteiger partial charge is 0.235 e. The summed E-state index contributed by atoms with van der Waals surface area (Å²) in [5.41, 5.74) is 3.02. The number of hydrogen-bond acceptors (Lipinski definition) is 6. The van der Waals surface area contributed by atoms with Gasteiger partial charge in [0.25, 0.3) is 0 Å². The van der Waals surface area contributed by atoms with Crippen molar-refractivity contribution in [2.75, 3.05) is 18.7 Å². The van der Waals surface area contributed by atoms with Gasteiger partial charge in [0.05, 0.1) is 29.4 Å². The van der Waals surface area contributed by atoms with Gasteiger partial charge in [0.2, 0.25) is 12.7 Å². The zero-order chi connectivity index (χ0) is 23.7. The van der Waals surface area contributed by atoms with Crippen molar-refractivity contribution in [3.05, 3.63) is 72.3 Å². The third kappa shape index (κ3) is 4.63. The number of carbonyl (C=O) groups is 1. The van der Waals surface area contributed by atoms with Crippen LogP contribution in [0.15, 0.2) is 71.6 Å². The molecule has 0 radical (unpaired) electrons. The molecule has 34 heavy (non-hydrogen) atoms. The molecule has 1 saturated carbocycles. The largest absolute Gasteiger partial charge is 0.593 e. The molecule has 2 aliphatic rings. The first-order chi connectivity index (χ1) is 16.4. The Morgan fingerprint density at radius 2 is 1.82 bits per heavy atom. The first-order valence-corrected chi connectivity index (χ1v) is 12.3. The summed E-state index contributed by atoms with van der Waals surface area (Å²) in [6, 6.07) is 20.8. The fourth-order valence-electron chi connectivity index (χ4n) is 4.04. The van der Waals surface area contributed by atoms with E-state index in [1.54, 1.807) is 19.1 Å². The van der Waals surface area contributed by atoms with E-state index in [4.69, 9.17) is 9.47 Å². The SMILES string of the molecule is CC(O)CN[S+]([O-])c1ccc(-c2cccc(NC(=O)C3(c4ccc5c(c4)OCO5)CC3)c2)cc1. The Morgan fingerprint density at radius 3 is 2.56 bits per heavy atom. The predicted octanol–water partition coefficient (Wildman–Crippen LogP) is 3.75. The van der Waals surface area contributed by atoms with E-state index in [0.29, 0.717) is 16.4 Å². The minimum atomic E-state index is -1.39. The second-order valence-electron chi connectivity index (χ2n) is 8.68. The molecule has 3 N–H and O–H groups in total. The lowest BCUT2D eigenvalue weighted by atomic mass is 9.94. The summed E-state index contributed by atoms with van der Waals surface area (Å²) in [7, 11) is 0. The number of hydrogen-bond donors (Lipinski definition) is 3. The minimum absolute atomic E-state index is 0.0292. The number of fused-ring (bicyclic) bond motifs is 1. The van der Waals surface area contributed by atoms with Gasteiger partial charge in [-0.05, 0) is 85.0 Å². The third-order valence-corrected chi connectivity index (χ3v) is 7.27. The van der Waals surface area contributed by atoms with Gasteiger partial charge in [-0.3, -0.25) is 4.79 Å². The number of carbonyl (C=O) groups excluding carboxylic acids is 1. The summed E-state index contributed by atoms with van der Waals surface area (Å²) >= 11 is -1.39. The van der Waals surface area contributed by atoms with Crippen molar-refractivity contribution in [2.45, 2.75) is 36.2 Å². The average molecular weight is 479 g/mol. The quantitative estimate of drug-likeness (QED) is 0.426. The van der Waals surface area contributed by atoms with Crippen molar-refractivity contribution in [3.63, 3.8) is 0 Å². The number of aliphatic hydroxyl groups is 1. The Kier molecular flexibility index (Phi) is 6.22. The minimum Gasteiger partial charge on any atom is -0.593 e. The molecule has 1 fully saturated rings. The Balaban J connectivity index is 1.28. The number of rotatable bonds is 8. The highest BCUT2D eigenvalue weighted by Gasteiger charge is 2.51. The highest BCUT2D eigenvalue weighted by Crippen LogP contribution is 2.51. The van der Waals surface area contributed by atoms with Crippen molar-refractivity contribution in [1.29, 1.82) is 0 Å². The van der Waals surface area contributed by atoms with E-state index >= 15 is 0 Å². The van der Waals surface area contributed by atoms with Gasteiger partial charge >= 0.3 is 0 Å². The zero-order valence-corrected chi connectivity index (χ0v) is 19.6. The first kappa shape index (κ1) is 22.7. The van der Waals surface area contributed by atoms with Crippen molar-refractivity contribution in [1.82, 2.24) is 4.72 Å². The lowest BCUT2D eigenvalue weighted by Crippen LogP contribution is -2.30. The maximum absolute atomic E-state index is 13.2. The lowest BCUT2D eigenvalue weighted by Gasteiger charge is -2.17. The van der Waals surface area contributed by atoms with Gasteiger partial charge in [-0.25, -0.2) is 0 Å². The van der Waals surface area contributed by atoms with Crippen LogP contribution in [0, 0.1) is 0 Å². The van der Waals surface area contributed by atoms with Crippen LogP contribution in [0.4, 0.5) is 5.69 Å². The molecule has 0 saturated heterocycles. The highest BCUT2D eigenvalue weighted by molar-refractivity contribution is 7.89. The fraction of sp³-hybridized carbons (Fsp3) is 0.269. The summed E-state index contributed by atoms with van der Waals surface area (Å²) < 4.78 is 25.9. The summed E-state index contributed by atoms with van der Waals surface area (Å²) in [5.74, 6) is 1.36. The fourth-order valence-corrected chi connectivity index (χ4v) is 4.99. The zero-order valence-electron chi connectivity index (χ0n) is 18.7. The molecule has 3 aromatic rings. The van der Waals surface area contributed by atoms with Gasteiger partial charge < -0.3 is 24.4 Å². The Morgan fingerprint density at radius 1 is 1.06 bits per heavy atom. The second-order valence-corrected chi connectivity index (χ2v) is 9.97. The van der Waals surface area contributed by atoms with Gasteiger partial charge in [-0.1, -0.05) is 18.2 Å². The van der Waals surface area contributed by atoms with Crippen LogP contribution < -0.4 is 19.5 Å². The number of anilines is 1. The molecule has 1 aliphatic carbocycles. The van der Waals surface area contributed by atoms with Crippen LogP contribution in [-0.2, 0) is 21.6 Å². The van der Waals surface area contributed by atoms with Crippen molar-refractivity contribution in [3.8, 4) is 22.6 Å². The Labute approximate surface area is 201 Å². The topological polar surface area (TPSA) is 103 Å². The first-order valence-electron chi connectivity index (χ1n) is 11.2. The van der Waals surface area contributed by atoms with E-state index in [1.165, 1.54) is 0 Å². The maximum Gasteiger partial charge on any atom is 0.235 e. The van der Waals surface area contributed by atoms with E-state index < -0.39 is 22.9 Å². The van der Waals surface area contributed by atoms with Crippen molar-refractivity contribution < 1.29 is 23.9 Å². The summed E-state index contributed by atoms with van der Waals surface area (Å²) in [6.07, 6.45) is 1.01. The van der Waals surface area contributed by atoms with Gasteiger partial charge in [0.15, 0.2) is 16.4 Å². The van der Waals surface area contributed by atoms with Crippen LogP contribution >= 0.6 is 0 Å². The van der Waals surface area contributed by atoms with Crippen LogP contribution in [-0.4, -0.2) is 35.0 Å². The third-order valence-electron chi connectivity index (χ3n) is 6.14. The number of benzene rings is 3. The molecular formula is C26H26N2O5S. The summed E-state index contributed by atoms with van der Waals surface area (Å²) in [6.45, 7) is 2.10.